The highest BCUT2D eigenvalue weighted by molar-refractivity contribution is 4.87. The Bertz CT molecular complexity index is 129. The molecule has 0 saturated carbocycles. The fourth-order valence-electron chi connectivity index (χ4n) is 1.98. The van der Waals surface area contributed by atoms with Crippen LogP contribution < -0.4 is 10.6 Å². The smallest absolute Gasteiger partial charge is 0.0173 e. The first-order valence-corrected chi connectivity index (χ1v) is 5.72. The van der Waals surface area contributed by atoms with Crippen LogP contribution in [0.1, 0.15) is 40.0 Å². The molecule has 0 atom stereocenters. The molecule has 1 fully saturated rings. The number of hydrogen-bond acceptors (Lipinski definition) is 2. The zero-order chi connectivity index (χ0) is 9.73. The molecule has 0 unspecified atom stereocenters. The summed E-state index contributed by atoms with van der Waals surface area (Å²) in [6.45, 7) is 10.5. The van der Waals surface area contributed by atoms with Crippen LogP contribution in [0.25, 0.3) is 0 Å². The molecule has 1 aliphatic rings. The van der Waals surface area contributed by atoms with Gasteiger partial charge < -0.3 is 10.6 Å². The minimum atomic E-state index is 0.412. The minimum absolute atomic E-state index is 0.412. The first kappa shape index (κ1) is 11.0. The van der Waals surface area contributed by atoms with Crippen LogP contribution in [0.4, 0.5) is 0 Å². The molecule has 0 aliphatic carbocycles. The monoisotopic (exact) mass is 184 g/mol. The van der Waals surface area contributed by atoms with E-state index < -0.39 is 0 Å². The summed E-state index contributed by atoms with van der Waals surface area (Å²) in [5.74, 6) is 0.879. The molecule has 0 bridgehead atoms. The van der Waals surface area contributed by atoms with Crippen molar-refractivity contribution in [3.05, 3.63) is 0 Å². The number of nitrogens with one attached hydrogen (secondary N) is 2. The molecule has 1 heterocycles. The third-order valence-electron chi connectivity index (χ3n) is 3.66. The Morgan fingerprint density at radius 1 is 1.15 bits per heavy atom. The topological polar surface area (TPSA) is 24.1 Å². The third-order valence-corrected chi connectivity index (χ3v) is 3.66. The second-order valence-electron chi connectivity index (χ2n) is 4.25. The van der Waals surface area contributed by atoms with E-state index in [1.54, 1.807) is 0 Å². The van der Waals surface area contributed by atoms with Gasteiger partial charge in [0.05, 0.1) is 0 Å². The van der Waals surface area contributed by atoms with Gasteiger partial charge >= 0.3 is 0 Å². The van der Waals surface area contributed by atoms with Gasteiger partial charge in [-0.3, -0.25) is 0 Å². The SMILES string of the molecule is CCC(CC)(CC)NCC1CNC1. The average molecular weight is 184 g/mol. The summed E-state index contributed by atoms with van der Waals surface area (Å²) in [6, 6.07) is 0. The second-order valence-corrected chi connectivity index (χ2v) is 4.25. The van der Waals surface area contributed by atoms with E-state index in [2.05, 4.69) is 31.4 Å². The molecule has 0 aromatic heterocycles. The molecule has 2 nitrogen and oxygen atoms in total. The summed E-state index contributed by atoms with van der Waals surface area (Å²) in [7, 11) is 0. The van der Waals surface area contributed by atoms with E-state index in [1.165, 1.54) is 38.9 Å². The molecule has 1 aliphatic heterocycles. The molecule has 0 aromatic rings. The van der Waals surface area contributed by atoms with Crippen LogP contribution in [0, 0.1) is 5.92 Å². The van der Waals surface area contributed by atoms with E-state index in [1.807, 2.05) is 0 Å². The van der Waals surface area contributed by atoms with Gasteiger partial charge in [0, 0.05) is 25.2 Å². The number of rotatable bonds is 6. The van der Waals surface area contributed by atoms with E-state index >= 15 is 0 Å². The summed E-state index contributed by atoms with van der Waals surface area (Å²) < 4.78 is 0. The molecule has 0 spiro atoms. The van der Waals surface area contributed by atoms with Crippen LogP contribution >= 0.6 is 0 Å². The van der Waals surface area contributed by atoms with Gasteiger partial charge in [0.25, 0.3) is 0 Å². The van der Waals surface area contributed by atoms with Crippen molar-refractivity contribution in [1.29, 1.82) is 0 Å². The molecule has 78 valence electrons. The maximum absolute atomic E-state index is 3.74. The zero-order valence-corrected chi connectivity index (χ0v) is 9.32. The fourth-order valence-corrected chi connectivity index (χ4v) is 1.98. The van der Waals surface area contributed by atoms with Crippen molar-refractivity contribution in [1.82, 2.24) is 10.6 Å². The van der Waals surface area contributed by atoms with Crippen LogP contribution in [0.2, 0.25) is 0 Å². The van der Waals surface area contributed by atoms with Gasteiger partial charge in [-0.05, 0) is 25.2 Å². The maximum atomic E-state index is 3.74. The van der Waals surface area contributed by atoms with Gasteiger partial charge in [-0.25, -0.2) is 0 Å². The van der Waals surface area contributed by atoms with Gasteiger partial charge in [0.1, 0.15) is 0 Å². The predicted octanol–water partition coefficient (Wildman–Crippen LogP) is 1.76. The zero-order valence-electron chi connectivity index (χ0n) is 9.32. The fraction of sp³-hybridized carbons (Fsp3) is 1.00. The highest BCUT2D eigenvalue weighted by atomic mass is 15.0. The Morgan fingerprint density at radius 3 is 2.00 bits per heavy atom. The maximum Gasteiger partial charge on any atom is 0.0173 e. The molecule has 13 heavy (non-hydrogen) atoms. The lowest BCUT2D eigenvalue weighted by Gasteiger charge is -2.36. The average Bonchev–Trinajstić information content (AvgIpc) is 2.11. The lowest BCUT2D eigenvalue weighted by molar-refractivity contribution is 0.240. The normalized spacial score (nSPS) is 18.7. The van der Waals surface area contributed by atoms with Crippen LogP contribution in [-0.2, 0) is 0 Å². The van der Waals surface area contributed by atoms with E-state index in [0.717, 1.165) is 5.92 Å². The van der Waals surface area contributed by atoms with Crippen LogP contribution in [0.5, 0.6) is 0 Å². The molecule has 0 radical (unpaired) electrons. The molecule has 0 amide bonds. The summed E-state index contributed by atoms with van der Waals surface area (Å²) in [6.07, 6.45) is 3.75. The van der Waals surface area contributed by atoms with E-state index in [9.17, 15) is 0 Å². The van der Waals surface area contributed by atoms with Crippen molar-refractivity contribution in [2.75, 3.05) is 19.6 Å². The largest absolute Gasteiger partial charge is 0.316 e. The Labute approximate surface area is 82.5 Å². The molecular weight excluding hydrogens is 160 g/mol. The summed E-state index contributed by atoms with van der Waals surface area (Å²) in [5.41, 5.74) is 0.412. The molecule has 2 heteroatoms. The third kappa shape index (κ3) is 2.68. The summed E-state index contributed by atoms with van der Waals surface area (Å²) in [4.78, 5) is 0. The van der Waals surface area contributed by atoms with Gasteiger partial charge in [-0.2, -0.15) is 0 Å². The lowest BCUT2D eigenvalue weighted by atomic mass is 9.88. The Balaban J connectivity index is 2.27. The van der Waals surface area contributed by atoms with Gasteiger partial charge in [0.15, 0.2) is 0 Å². The predicted molar refractivity (Wildman–Crippen MR) is 58.0 cm³/mol. The van der Waals surface area contributed by atoms with Crippen molar-refractivity contribution in [2.45, 2.75) is 45.6 Å². The minimum Gasteiger partial charge on any atom is -0.316 e. The van der Waals surface area contributed by atoms with Crippen molar-refractivity contribution in [3.63, 3.8) is 0 Å². The van der Waals surface area contributed by atoms with Crippen molar-refractivity contribution < 1.29 is 0 Å². The van der Waals surface area contributed by atoms with Gasteiger partial charge in [-0.1, -0.05) is 20.8 Å². The molecule has 1 saturated heterocycles. The summed E-state index contributed by atoms with van der Waals surface area (Å²) >= 11 is 0. The molecule has 0 aromatic carbocycles. The highest BCUT2D eigenvalue weighted by Crippen LogP contribution is 2.19. The van der Waals surface area contributed by atoms with Gasteiger partial charge in [-0.15, -0.1) is 0 Å². The van der Waals surface area contributed by atoms with Crippen LogP contribution in [-0.4, -0.2) is 25.2 Å². The molecule has 1 rings (SSSR count). The first-order valence-electron chi connectivity index (χ1n) is 5.72. The van der Waals surface area contributed by atoms with E-state index in [4.69, 9.17) is 0 Å². The quantitative estimate of drug-likeness (QED) is 0.657. The Morgan fingerprint density at radius 2 is 1.69 bits per heavy atom. The van der Waals surface area contributed by atoms with E-state index in [0.29, 0.717) is 5.54 Å². The van der Waals surface area contributed by atoms with Crippen molar-refractivity contribution >= 4 is 0 Å². The molecular formula is C11H24N2. The second kappa shape index (κ2) is 4.97. The Hall–Kier alpha value is -0.0800. The Kier molecular flexibility index (Phi) is 4.20. The van der Waals surface area contributed by atoms with Crippen LogP contribution in [0.15, 0.2) is 0 Å². The number of hydrogen-bond donors (Lipinski definition) is 2. The van der Waals surface area contributed by atoms with Crippen LogP contribution in [0.3, 0.4) is 0 Å². The lowest BCUT2D eigenvalue weighted by Crippen LogP contribution is -2.53. The van der Waals surface area contributed by atoms with Crippen molar-refractivity contribution in [3.8, 4) is 0 Å². The summed E-state index contributed by atoms with van der Waals surface area (Å²) in [5, 5.41) is 7.06. The van der Waals surface area contributed by atoms with Crippen molar-refractivity contribution in [2.24, 2.45) is 5.92 Å². The molecule has 2 N–H and O–H groups in total. The van der Waals surface area contributed by atoms with E-state index in [-0.39, 0.29) is 0 Å². The first-order chi connectivity index (χ1) is 6.26. The highest BCUT2D eigenvalue weighted by Gasteiger charge is 2.25. The van der Waals surface area contributed by atoms with Gasteiger partial charge in [0.2, 0.25) is 0 Å². The standard InChI is InChI=1S/C11H24N2/c1-4-11(5-2,6-3)13-9-10-7-12-8-10/h10,12-13H,4-9H2,1-3H3.